The van der Waals surface area contributed by atoms with E-state index in [1.807, 2.05) is 0 Å². The molecular formula is C9H15N3O. The summed E-state index contributed by atoms with van der Waals surface area (Å²) in [6.07, 6.45) is 1.80. The van der Waals surface area contributed by atoms with Crippen molar-refractivity contribution in [1.29, 1.82) is 0 Å². The molecule has 2 N–H and O–H groups in total. The minimum absolute atomic E-state index is 0.642. The third-order valence-electron chi connectivity index (χ3n) is 2.48. The van der Waals surface area contributed by atoms with Crippen LogP contribution in [0.2, 0.25) is 0 Å². The molecule has 0 unspecified atom stereocenters. The van der Waals surface area contributed by atoms with E-state index in [0.717, 1.165) is 37.4 Å². The molecule has 1 aliphatic rings. The van der Waals surface area contributed by atoms with Gasteiger partial charge in [0.1, 0.15) is 5.76 Å². The number of aromatic nitrogens is 1. The van der Waals surface area contributed by atoms with Crippen molar-refractivity contribution >= 4 is 0 Å². The molecule has 0 saturated carbocycles. The van der Waals surface area contributed by atoms with Crippen molar-refractivity contribution < 1.29 is 4.52 Å². The smallest absolute Gasteiger partial charge is 0.142 e. The predicted octanol–water partition coefficient (Wildman–Crippen LogP) is 0.164. The van der Waals surface area contributed by atoms with Crippen LogP contribution >= 0.6 is 0 Å². The van der Waals surface area contributed by atoms with Crippen LogP contribution < -0.4 is 5.73 Å². The van der Waals surface area contributed by atoms with E-state index in [0.29, 0.717) is 6.54 Å². The summed E-state index contributed by atoms with van der Waals surface area (Å²) in [5.41, 5.74) is 7.80. The molecule has 0 saturated heterocycles. The van der Waals surface area contributed by atoms with E-state index in [1.54, 1.807) is 0 Å². The van der Waals surface area contributed by atoms with Gasteiger partial charge in [-0.2, -0.15) is 0 Å². The second kappa shape index (κ2) is 3.47. The van der Waals surface area contributed by atoms with Crippen LogP contribution in [0.1, 0.15) is 17.0 Å². The fourth-order valence-corrected chi connectivity index (χ4v) is 1.73. The molecule has 0 aromatic carbocycles. The van der Waals surface area contributed by atoms with Gasteiger partial charge in [-0.1, -0.05) is 5.16 Å². The molecular weight excluding hydrogens is 166 g/mol. The highest BCUT2D eigenvalue weighted by atomic mass is 16.5. The van der Waals surface area contributed by atoms with Gasteiger partial charge in [0, 0.05) is 31.5 Å². The zero-order chi connectivity index (χ0) is 9.26. The maximum Gasteiger partial charge on any atom is 0.142 e. The summed E-state index contributed by atoms with van der Waals surface area (Å²) in [5, 5.41) is 4.04. The number of likely N-dealkylation sites (N-methyl/N-ethyl adjacent to an activating group) is 1. The van der Waals surface area contributed by atoms with Gasteiger partial charge in [0.05, 0.1) is 5.69 Å². The van der Waals surface area contributed by atoms with Gasteiger partial charge in [0.25, 0.3) is 0 Å². The van der Waals surface area contributed by atoms with Crippen LogP contribution in [-0.4, -0.2) is 30.2 Å². The normalized spacial score (nSPS) is 17.4. The van der Waals surface area contributed by atoms with E-state index < -0.39 is 0 Å². The summed E-state index contributed by atoms with van der Waals surface area (Å²) in [6, 6.07) is 0. The number of nitrogens with zero attached hydrogens (tertiary/aromatic N) is 2. The summed E-state index contributed by atoms with van der Waals surface area (Å²) in [6.45, 7) is 2.65. The minimum atomic E-state index is 0.642. The SMILES string of the molecule is CN1CCc2onc(CCN)c2C1. The molecule has 13 heavy (non-hydrogen) atoms. The molecule has 0 radical (unpaired) electrons. The quantitative estimate of drug-likeness (QED) is 0.706. The van der Waals surface area contributed by atoms with Crippen LogP contribution in [-0.2, 0) is 19.4 Å². The van der Waals surface area contributed by atoms with Crippen molar-refractivity contribution in [2.24, 2.45) is 5.73 Å². The Hall–Kier alpha value is -0.870. The summed E-state index contributed by atoms with van der Waals surface area (Å²) in [5.74, 6) is 1.06. The maximum atomic E-state index is 5.49. The molecule has 0 bridgehead atoms. The number of nitrogens with two attached hydrogens (primary N) is 1. The Morgan fingerprint density at radius 3 is 3.23 bits per heavy atom. The van der Waals surface area contributed by atoms with Crippen LogP contribution in [0, 0.1) is 0 Å². The zero-order valence-electron chi connectivity index (χ0n) is 7.92. The molecule has 0 aliphatic carbocycles. The van der Waals surface area contributed by atoms with Gasteiger partial charge >= 0.3 is 0 Å². The summed E-state index contributed by atoms with van der Waals surface area (Å²) >= 11 is 0. The standard InChI is InChI=1S/C9H15N3O/c1-12-5-3-9-7(6-12)8(2-4-10)11-13-9/h2-6,10H2,1H3. The molecule has 0 fully saturated rings. The first kappa shape index (κ1) is 8.72. The van der Waals surface area contributed by atoms with Crippen molar-refractivity contribution in [3.05, 3.63) is 17.0 Å². The first-order valence-corrected chi connectivity index (χ1v) is 4.66. The fourth-order valence-electron chi connectivity index (χ4n) is 1.73. The van der Waals surface area contributed by atoms with Crippen LogP contribution in [0.25, 0.3) is 0 Å². The van der Waals surface area contributed by atoms with Crippen LogP contribution in [0.15, 0.2) is 4.52 Å². The van der Waals surface area contributed by atoms with Gasteiger partial charge in [-0.25, -0.2) is 0 Å². The Bertz CT molecular complexity index is 295. The second-order valence-corrected chi connectivity index (χ2v) is 3.56. The van der Waals surface area contributed by atoms with Gasteiger partial charge in [0.15, 0.2) is 0 Å². The predicted molar refractivity (Wildman–Crippen MR) is 49.3 cm³/mol. The minimum Gasteiger partial charge on any atom is -0.361 e. The third-order valence-corrected chi connectivity index (χ3v) is 2.48. The second-order valence-electron chi connectivity index (χ2n) is 3.56. The van der Waals surface area contributed by atoms with E-state index >= 15 is 0 Å². The monoisotopic (exact) mass is 181 g/mol. The molecule has 1 aromatic rings. The van der Waals surface area contributed by atoms with E-state index in [2.05, 4.69) is 17.1 Å². The first-order valence-electron chi connectivity index (χ1n) is 4.66. The Morgan fingerprint density at radius 1 is 1.62 bits per heavy atom. The molecule has 72 valence electrons. The molecule has 2 heterocycles. The molecule has 0 amide bonds. The number of fused-ring (bicyclic) bond motifs is 1. The van der Waals surface area contributed by atoms with E-state index in [4.69, 9.17) is 10.3 Å². The molecule has 1 aliphatic heterocycles. The maximum absolute atomic E-state index is 5.49. The van der Waals surface area contributed by atoms with E-state index in [1.165, 1.54) is 5.56 Å². The lowest BCUT2D eigenvalue weighted by Gasteiger charge is -2.20. The Kier molecular flexibility index (Phi) is 2.33. The zero-order valence-corrected chi connectivity index (χ0v) is 7.92. The lowest BCUT2D eigenvalue weighted by atomic mass is 10.1. The Balaban J connectivity index is 2.25. The summed E-state index contributed by atoms with van der Waals surface area (Å²) in [4.78, 5) is 2.28. The van der Waals surface area contributed by atoms with Gasteiger partial charge in [-0.05, 0) is 13.6 Å². The van der Waals surface area contributed by atoms with Crippen LogP contribution in [0.3, 0.4) is 0 Å². The highest BCUT2D eigenvalue weighted by Crippen LogP contribution is 2.21. The summed E-state index contributed by atoms with van der Waals surface area (Å²) < 4.78 is 5.26. The molecule has 4 heteroatoms. The Morgan fingerprint density at radius 2 is 2.46 bits per heavy atom. The van der Waals surface area contributed by atoms with Crippen molar-refractivity contribution in [3.63, 3.8) is 0 Å². The molecule has 2 rings (SSSR count). The van der Waals surface area contributed by atoms with Gasteiger partial charge in [-0.3, -0.25) is 0 Å². The molecule has 0 spiro atoms. The highest BCUT2D eigenvalue weighted by molar-refractivity contribution is 5.25. The average molecular weight is 181 g/mol. The van der Waals surface area contributed by atoms with E-state index in [9.17, 15) is 0 Å². The topological polar surface area (TPSA) is 55.3 Å². The summed E-state index contributed by atoms with van der Waals surface area (Å²) in [7, 11) is 2.11. The van der Waals surface area contributed by atoms with Crippen molar-refractivity contribution in [2.75, 3.05) is 20.1 Å². The first-order chi connectivity index (χ1) is 6.31. The number of hydrogen-bond acceptors (Lipinski definition) is 4. The number of rotatable bonds is 2. The third kappa shape index (κ3) is 1.59. The highest BCUT2D eigenvalue weighted by Gasteiger charge is 2.21. The van der Waals surface area contributed by atoms with Crippen LogP contribution in [0.5, 0.6) is 0 Å². The van der Waals surface area contributed by atoms with Gasteiger partial charge in [-0.15, -0.1) is 0 Å². The molecule has 4 nitrogen and oxygen atoms in total. The van der Waals surface area contributed by atoms with Gasteiger partial charge < -0.3 is 15.2 Å². The lowest BCUT2D eigenvalue weighted by Crippen LogP contribution is -2.26. The van der Waals surface area contributed by atoms with Crippen molar-refractivity contribution in [3.8, 4) is 0 Å². The van der Waals surface area contributed by atoms with E-state index in [-0.39, 0.29) is 0 Å². The largest absolute Gasteiger partial charge is 0.361 e. The average Bonchev–Trinajstić information content (AvgIpc) is 2.49. The molecule has 0 atom stereocenters. The van der Waals surface area contributed by atoms with Crippen molar-refractivity contribution in [1.82, 2.24) is 10.1 Å². The van der Waals surface area contributed by atoms with Crippen molar-refractivity contribution in [2.45, 2.75) is 19.4 Å². The fraction of sp³-hybridized carbons (Fsp3) is 0.667. The van der Waals surface area contributed by atoms with Gasteiger partial charge in [0.2, 0.25) is 0 Å². The lowest BCUT2D eigenvalue weighted by molar-refractivity contribution is 0.281. The van der Waals surface area contributed by atoms with Crippen LogP contribution in [0.4, 0.5) is 0 Å². The molecule has 1 aromatic heterocycles. The Labute approximate surface area is 77.7 Å². The number of hydrogen-bond donors (Lipinski definition) is 1.